The Kier molecular flexibility index (Phi) is 5.63. The van der Waals surface area contributed by atoms with Crippen molar-refractivity contribution in [2.75, 3.05) is 13.6 Å². The zero-order valence-corrected chi connectivity index (χ0v) is 23.1. The van der Waals surface area contributed by atoms with E-state index in [2.05, 4.69) is 27.7 Å². The fourth-order valence-corrected chi connectivity index (χ4v) is 9.30. The van der Waals surface area contributed by atoms with Crippen LogP contribution in [0.1, 0.15) is 91.9 Å². The Hall–Kier alpha value is -1.70. The van der Waals surface area contributed by atoms with Crippen molar-refractivity contribution in [3.8, 4) is 0 Å². The molecule has 2 saturated heterocycles. The van der Waals surface area contributed by atoms with Crippen molar-refractivity contribution in [1.82, 2.24) is 4.90 Å². The lowest BCUT2D eigenvalue weighted by molar-refractivity contribution is -0.147. The third kappa shape index (κ3) is 3.42. The Morgan fingerprint density at radius 2 is 1.27 bits per heavy atom. The number of rotatable bonds is 3. The summed E-state index contributed by atoms with van der Waals surface area (Å²) >= 11 is 0. The summed E-state index contributed by atoms with van der Waals surface area (Å²) in [5.74, 6) is -1.64. The van der Waals surface area contributed by atoms with Gasteiger partial charge >= 0.3 is 11.9 Å². The van der Waals surface area contributed by atoms with Crippen molar-refractivity contribution in [3.05, 3.63) is 22.3 Å². The van der Waals surface area contributed by atoms with E-state index in [1.807, 2.05) is 0 Å². The molecule has 2 aliphatic heterocycles. The summed E-state index contributed by atoms with van der Waals surface area (Å²) in [6.45, 7) is 8.82. The third-order valence-corrected chi connectivity index (χ3v) is 11.3. The predicted octanol–water partition coefficient (Wildman–Crippen LogP) is 3.82. The molecular weight excluding hydrogens is 470 g/mol. The minimum Gasteiger partial charge on any atom is -0.454 e. The van der Waals surface area contributed by atoms with Crippen molar-refractivity contribution in [2.45, 2.75) is 121 Å². The number of fused-ring (bicyclic) bond motifs is 6. The number of aliphatic hydroxyl groups is 2. The highest BCUT2D eigenvalue weighted by Crippen LogP contribution is 2.59. The summed E-state index contributed by atoms with van der Waals surface area (Å²) in [5, 5.41) is 24.0. The highest BCUT2D eigenvalue weighted by molar-refractivity contribution is 5.82. The summed E-state index contributed by atoms with van der Waals surface area (Å²) < 4.78 is 11.9. The zero-order chi connectivity index (χ0) is 26.5. The van der Waals surface area contributed by atoms with Crippen LogP contribution < -0.4 is 0 Å². The summed E-state index contributed by atoms with van der Waals surface area (Å²) in [6.07, 6.45) is 7.55. The standard InChI is InChI=1S/C30H43NO6/c1-17-8-6-10-27(3)12-14-29(34)19(25(32)36-23(29)20(17)27)16-31(5)22-26(33)37-24-21-18(2)9-7-11-28(21,4)13-15-30(22,24)35/h19,22-24,34-35H,6-16H2,1-5H3/t19?,22?,23-,24+,27-,28-,29?,30?/m1/s1. The van der Waals surface area contributed by atoms with Gasteiger partial charge in [0.2, 0.25) is 0 Å². The molecule has 2 heterocycles. The molecule has 2 N–H and O–H groups in total. The van der Waals surface area contributed by atoms with E-state index in [4.69, 9.17) is 9.47 Å². The lowest BCUT2D eigenvalue weighted by Crippen LogP contribution is -2.61. The van der Waals surface area contributed by atoms with Gasteiger partial charge in [-0.15, -0.1) is 0 Å². The van der Waals surface area contributed by atoms with Gasteiger partial charge in [0.05, 0.1) is 0 Å². The number of nitrogens with zero attached hydrogens (tertiary/aromatic N) is 1. The Morgan fingerprint density at radius 3 is 1.84 bits per heavy atom. The van der Waals surface area contributed by atoms with Crippen LogP contribution in [-0.4, -0.2) is 70.1 Å². The van der Waals surface area contributed by atoms with E-state index in [0.717, 1.165) is 62.5 Å². The minimum atomic E-state index is -1.35. The molecule has 0 aromatic heterocycles. The van der Waals surface area contributed by atoms with Crippen LogP contribution in [0.3, 0.4) is 0 Å². The number of ether oxygens (including phenoxy) is 2. The number of likely N-dealkylation sites (N-methyl/N-ethyl adjacent to an activating group) is 1. The first-order chi connectivity index (χ1) is 17.3. The summed E-state index contributed by atoms with van der Waals surface area (Å²) in [4.78, 5) is 28.4. The van der Waals surface area contributed by atoms with Crippen LogP contribution in [0.5, 0.6) is 0 Å². The molecule has 0 amide bonds. The van der Waals surface area contributed by atoms with Crippen LogP contribution in [0.2, 0.25) is 0 Å². The normalized spacial score (nSPS) is 47.4. The van der Waals surface area contributed by atoms with Crippen LogP contribution in [0.25, 0.3) is 0 Å². The number of carbonyl (C=O) groups is 2. The van der Waals surface area contributed by atoms with Crippen LogP contribution in [0, 0.1) is 16.7 Å². The molecule has 0 bridgehead atoms. The van der Waals surface area contributed by atoms with Crippen LogP contribution >= 0.6 is 0 Å². The SMILES string of the molecule is CC1=C2[C@H]3OC(=O)C(CN(C)C4C(=O)O[C@H]5C6=C(C)CCC[C@]6(C)CCC45O)C3(O)CC[C@@]2(C)CCC1. The predicted molar refractivity (Wildman–Crippen MR) is 137 cm³/mol. The van der Waals surface area contributed by atoms with Gasteiger partial charge in [0.1, 0.15) is 23.2 Å². The minimum absolute atomic E-state index is 0.0434. The average Bonchev–Trinajstić information content (AvgIpc) is 3.22. The summed E-state index contributed by atoms with van der Waals surface area (Å²) in [6, 6.07) is -0.885. The van der Waals surface area contributed by atoms with Gasteiger partial charge in [-0.25, -0.2) is 0 Å². The molecule has 4 aliphatic carbocycles. The molecule has 0 spiro atoms. The van der Waals surface area contributed by atoms with E-state index in [1.54, 1.807) is 11.9 Å². The third-order valence-electron chi connectivity index (χ3n) is 11.3. The first-order valence-electron chi connectivity index (χ1n) is 14.3. The van der Waals surface area contributed by atoms with Crippen molar-refractivity contribution < 1.29 is 29.3 Å². The van der Waals surface area contributed by atoms with Gasteiger partial charge in [-0.2, -0.15) is 0 Å². The lowest BCUT2D eigenvalue weighted by atomic mass is 9.57. The summed E-state index contributed by atoms with van der Waals surface area (Å²) in [5.41, 5.74) is 1.91. The van der Waals surface area contributed by atoms with Gasteiger partial charge in [-0.05, 0) is 107 Å². The van der Waals surface area contributed by atoms with E-state index in [9.17, 15) is 19.8 Å². The fourth-order valence-electron chi connectivity index (χ4n) is 9.30. The lowest BCUT2D eigenvalue weighted by Gasteiger charge is -2.51. The maximum Gasteiger partial charge on any atom is 0.327 e. The van der Waals surface area contributed by atoms with Gasteiger partial charge in [-0.3, -0.25) is 14.5 Å². The van der Waals surface area contributed by atoms with E-state index in [0.29, 0.717) is 12.8 Å². The topological polar surface area (TPSA) is 96.3 Å². The second-order valence-corrected chi connectivity index (χ2v) is 13.7. The molecule has 7 nitrogen and oxygen atoms in total. The monoisotopic (exact) mass is 513 g/mol. The Bertz CT molecular complexity index is 1110. The molecule has 0 aromatic rings. The average molecular weight is 514 g/mol. The highest BCUT2D eigenvalue weighted by atomic mass is 16.6. The molecule has 0 radical (unpaired) electrons. The number of allylic oxidation sites excluding steroid dienone is 2. The maximum absolute atomic E-state index is 13.3. The van der Waals surface area contributed by atoms with Crippen LogP contribution in [0.4, 0.5) is 0 Å². The fraction of sp³-hybridized carbons (Fsp3) is 0.800. The van der Waals surface area contributed by atoms with Gasteiger partial charge in [-0.1, -0.05) is 25.0 Å². The van der Waals surface area contributed by atoms with Crippen LogP contribution in [0.15, 0.2) is 22.3 Å². The second-order valence-electron chi connectivity index (χ2n) is 13.7. The van der Waals surface area contributed by atoms with E-state index < -0.39 is 47.3 Å². The van der Waals surface area contributed by atoms with Gasteiger partial charge in [0, 0.05) is 6.54 Å². The first kappa shape index (κ1) is 25.6. The van der Waals surface area contributed by atoms with Crippen molar-refractivity contribution in [2.24, 2.45) is 16.7 Å². The molecule has 7 heteroatoms. The number of esters is 2. The molecule has 37 heavy (non-hydrogen) atoms. The Labute approximate surface area is 220 Å². The number of carbonyl (C=O) groups excluding carboxylic acids is 2. The van der Waals surface area contributed by atoms with E-state index in [-0.39, 0.29) is 17.4 Å². The Balaban J connectivity index is 1.29. The van der Waals surface area contributed by atoms with E-state index in [1.165, 1.54) is 11.1 Å². The molecule has 6 rings (SSSR count). The Morgan fingerprint density at radius 1 is 0.784 bits per heavy atom. The van der Waals surface area contributed by atoms with Crippen molar-refractivity contribution >= 4 is 11.9 Å². The molecule has 4 unspecified atom stereocenters. The van der Waals surface area contributed by atoms with Gasteiger partial charge in [0.15, 0.2) is 12.2 Å². The van der Waals surface area contributed by atoms with E-state index >= 15 is 0 Å². The maximum atomic E-state index is 13.3. The molecule has 204 valence electrons. The summed E-state index contributed by atoms with van der Waals surface area (Å²) in [7, 11) is 1.77. The molecule has 2 saturated carbocycles. The zero-order valence-electron chi connectivity index (χ0n) is 23.1. The van der Waals surface area contributed by atoms with Crippen molar-refractivity contribution in [1.29, 1.82) is 0 Å². The van der Waals surface area contributed by atoms with Crippen molar-refractivity contribution in [3.63, 3.8) is 0 Å². The number of hydrogen-bond acceptors (Lipinski definition) is 7. The molecule has 0 aromatic carbocycles. The molecule has 4 fully saturated rings. The molecule has 6 aliphatic rings. The largest absolute Gasteiger partial charge is 0.454 e. The van der Waals surface area contributed by atoms with Gasteiger partial charge < -0.3 is 19.7 Å². The van der Waals surface area contributed by atoms with Crippen LogP contribution in [-0.2, 0) is 19.1 Å². The second kappa shape index (κ2) is 8.15. The molecular formula is C30H43NO6. The smallest absolute Gasteiger partial charge is 0.327 e. The van der Waals surface area contributed by atoms with Gasteiger partial charge in [0.25, 0.3) is 0 Å². The number of hydrogen-bond donors (Lipinski definition) is 2. The first-order valence-corrected chi connectivity index (χ1v) is 14.3. The molecule has 8 atom stereocenters. The highest BCUT2D eigenvalue weighted by Gasteiger charge is 2.67. The quantitative estimate of drug-likeness (QED) is 0.438.